The van der Waals surface area contributed by atoms with Crippen LogP contribution < -0.4 is 5.32 Å². The van der Waals surface area contributed by atoms with E-state index in [2.05, 4.69) is 43.4 Å². The highest BCUT2D eigenvalue weighted by Gasteiger charge is 2.29. The van der Waals surface area contributed by atoms with Gasteiger partial charge >= 0.3 is 0 Å². The van der Waals surface area contributed by atoms with Crippen LogP contribution in [0.25, 0.3) is 0 Å². The minimum atomic E-state index is -0.0970. The van der Waals surface area contributed by atoms with Crippen molar-refractivity contribution in [2.24, 2.45) is 0 Å². The van der Waals surface area contributed by atoms with Gasteiger partial charge in [0.2, 0.25) is 0 Å². The molecular formula is C14H21NO2. The van der Waals surface area contributed by atoms with Crippen LogP contribution in [0.15, 0.2) is 24.3 Å². The van der Waals surface area contributed by atoms with E-state index in [1.54, 1.807) is 7.11 Å². The molecule has 94 valence electrons. The topological polar surface area (TPSA) is 30.5 Å². The molecule has 1 heterocycles. The molecule has 2 rings (SSSR count). The van der Waals surface area contributed by atoms with E-state index >= 15 is 0 Å². The van der Waals surface area contributed by atoms with Crippen molar-refractivity contribution < 1.29 is 9.47 Å². The van der Waals surface area contributed by atoms with E-state index in [-0.39, 0.29) is 11.7 Å². The summed E-state index contributed by atoms with van der Waals surface area (Å²) in [6, 6.07) is 8.42. The number of morpholine rings is 1. The van der Waals surface area contributed by atoms with Crippen molar-refractivity contribution in [1.29, 1.82) is 0 Å². The third-order valence-corrected chi connectivity index (χ3v) is 2.98. The molecule has 1 N–H and O–H groups in total. The maximum Gasteiger partial charge on any atom is 0.0957 e. The maximum atomic E-state index is 6.09. The van der Waals surface area contributed by atoms with Crippen molar-refractivity contribution in [3.8, 4) is 0 Å². The fourth-order valence-electron chi connectivity index (χ4n) is 2.21. The lowest BCUT2D eigenvalue weighted by molar-refractivity contribution is -0.0959. The van der Waals surface area contributed by atoms with Crippen LogP contribution in [0.1, 0.15) is 31.1 Å². The van der Waals surface area contributed by atoms with Crippen LogP contribution in [0.2, 0.25) is 0 Å². The summed E-state index contributed by atoms with van der Waals surface area (Å²) in [5.41, 5.74) is 2.32. The van der Waals surface area contributed by atoms with E-state index in [1.807, 2.05) is 0 Å². The molecule has 0 radical (unpaired) electrons. The molecule has 1 unspecified atom stereocenters. The highest BCUT2D eigenvalue weighted by atomic mass is 16.5. The first-order valence-corrected chi connectivity index (χ1v) is 6.07. The molecule has 3 heteroatoms. The van der Waals surface area contributed by atoms with Crippen LogP contribution in [0, 0.1) is 0 Å². The zero-order valence-electron chi connectivity index (χ0n) is 10.8. The highest BCUT2D eigenvalue weighted by Crippen LogP contribution is 2.27. The van der Waals surface area contributed by atoms with Gasteiger partial charge in [0.25, 0.3) is 0 Å². The van der Waals surface area contributed by atoms with Gasteiger partial charge in [-0.3, -0.25) is 0 Å². The molecular weight excluding hydrogens is 214 g/mol. The van der Waals surface area contributed by atoms with Gasteiger partial charge in [0.1, 0.15) is 0 Å². The second-order valence-electron chi connectivity index (χ2n) is 5.18. The smallest absolute Gasteiger partial charge is 0.0957 e. The number of ether oxygens (including phenoxy) is 2. The Kier molecular flexibility index (Phi) is 3.82. The van der Waals surface area contributed by atoms with Gasteiger partial charge in [0, 0.05) is 20.2 Å². The Balaban J connectivity index is 2.13. The molecule has 1 atom stereocenters. The number of rotatable bonds is 3. The lowest BCUT2D eigenvalue weighted by atomic mass is 10.0. The van der Waals surface area contributed by atoms with Crippen molar-refractivity contribution in [3.05, 3.63) is 35.4 Å². The molecule has 3 nitrogen and oxygen atoms in total. The number of hydrogen-bond acceptors (Lipinski definition) is 3. The van der Waals surface area contributed by atoms with Crippen LogP contribution in [0.3, 0.4) is 0 Å². The van der Waals surface area contributed by atoms with Crippen molar-refractivity contribution >= 4 is 0 Å². The molecule has 1 saturated heterocycles. The molecule has 1 aromatic rings. The Morgan fingerprint density at radius 1 is 1.47 bits per heavy atom. The molecule has 1 aliphatic rings. The second kappa shape index (κ2) is 5.17. The average molecular weight is 235 g/mol. The highest BCUT2D eigenvalue weighted by molar-refractivity contribution is 5.25. The molecule has 0 amide bonds. The van der Waals surface area contributed by atoms with Crippen LogP contribution in [-0.2, 0) is 16.1 Å². The van der Waals surface area contributed by atoms with Gasteiger partial charge in [-0.2, -0.15) is 0 Å². The SMILES string of the molecule is COCc1cccc(C2CNCC(C)(C)O2)c1. The van der Waals surface area contributed by atoms with E-state index in [1.165, 1.54) is 11.1 Å². The van der Waals surface area contributed by atoms with E-state index < -0.39 is 0 Å². The Morgan fingerprint density at radius 2 is 2.29 bits per heavy atom. The maximum absolute atomic E-state index is 6.09. The molecule has 0 spiro atoms. The van der Waals surface area contributed by atoms with Crippen molar-refractivity contribution in [1.82, 2.24) is 5.32 Å². The largest absolute Gasteiger partial charge is 0.380 e. The Hall–Kier alpha value is -0.900. The van der Waals surface area contributed by atoms with Crippen molar-refractivity contribution in [3.63, 3.8) is 0 Å². The predicted octanol–water partition coefficient (Wildman–Crippen LogP) is 2.27. The Morgan fingerprint density at radius 3 is 3.00 bits per heavy atom. The predicted molar refractivity (Wildman–Crippen MR) is 67.9 cm³/mol. The summed E-state index contributed by atoms with van der Waals surface area (Å²) in [4.78, 5) is 0. The van der Waals surface area contributed by atoms with E-state index in [0.717, 1.165) is 13.1 Å². The van der Waals surface area contributed by atoms with E-state index in [0.29, 0.717) is 6.61 Å². The lowest BCUT2D eigenvalue weighted by Crippen LogP contribution is -2.46. The standard InChI is InChI=1S/C14H21NO2/c1-14(2)10-15-8-13(17-14)12-6-4-5-11(7-12)9-16-3/h4-7,13,15H,8-10H2,1-3H3. The molecule has 0 aliphatic carbocycles. The average Bonchev–Trinajstić information content (AvgIpc) is 2.28. The quantitative estimate of drug-likeness (QED) is 0.872. The molecule has 0 saturated carbocycles. The monoisotopic (exact) mass is 235 g/mol. The number of nitrogens with one attached hydrogen (secondary N) is 1. The summed E-state index contributed by atoms with van der Waals surface area (Å²) < 4.78 is 11.2. The summed E-state index contributed by atoms with van der Waals surface area (Å²) in [5, 5.41) is 3.42. The first kappa shape index (κ1) is 12.6. The van der Waals surface area contributed by atoms with E-state index in [9.17, 15) is 0 Å². The van der Waals surface area contributed by atoms with E-state index in [4.69, 9.17) is 9.47 Å². The number of benzene rings is 1. The zero-order valence-corrected chi connectivity index (χ0v) is 10.8. The fraction of sp³-hybridized carbons (Fsp3) is 0.571. The molecule has 0 bridgehead atoms. The number of hydrogen-bond donors (Lipinski definition) is 1. The summed E-state index contributed by atoms with van der Waals surface area (Å²) in [5.74, 6) is 0. The van der Waals surface area contributed by atoms with Crippen molar-refractivity contribution in [2.45, 2.75) is 32.2 Å². The lowest BCUT2D eigenvalue weighted by Gasteiger charge is -2.37. The van der Waals surface area contributed by atoms with Crippen LogP contribution >= 0.6 is 0 Å². The summed E-state index contributed by atoms with van der Waals surface area (Å²) in [6.07, 6.45) is 0.135. The second-order valence-corrected chi connectivity index (χ2v) is 5.18. The van der Waals surface area contributed by atoms with Gasteiger partial charge in [-0.05, 0) is 25.0 Å². The summed E-state index contributed by atoms with van der Waals surface area (Å²) in [7, 11) is 1.72. The van der Waals surface area contributed by atoms with Gasteiger partial charge in [0.05, 0.1) is 18.3 Å². The molecule has 1 aromatic carbocycles. The molecule has 0 aromatic heterocycles. The van der Waals surface area contributed by atoms with Gasteiger partial charge in [0.15, 0.2) is 0 Å². The fourth-order valence-corrected chi connectivity index (χ4v) is 2.21. The van der Waals surface area contributed by atoms with Crippen LogP contribution in [0.5, 0.6) is 0 Å². The minimum absolute atomic E-state index is 0.0970. The summed E-state index contributed by atoms with van der Waals surface area (Å²) >= 11 is 0. The van der Waals surface area contributed by atoms with Gasteiger partial charge in [-0.1, -0.05) is 24.3 Å². The summed E-state index contributed by atoms with van der Waals surface area (Å²) in [6.45, 7) is 6.66. The minimum Gasteiger partial charge on any atom is -0.380 e. The van der Waals surface area contributed by atoms with Gasteiger partial charge in [-0.25, -0.2) is 0 Å². The van der Waals surface area contributed by atoms with Gasteiger partial charge < -0.3 is 14.8 Å². The Labute approximate surface area is 103 Å². The Bertz CT molecular complexity index is 376. The first-order chi connectivity index (χ1) is 8.11. The normalized spacial score (nSPS) is 23.6. The third-order valence-electron chi connectivity index (χ3n) is 2.98. The van der Waals surface area contributed by atoms with Crippen LogP contribution in [0.4, 0.5) is 0 Å². The molecule has 1 aliphatic heterocycles. The third kappa shape index (κ3) is 3.28. The van der Waals surface area contributed by atoms with Crippen LogP contribution in [-0.4, -0.2) is 25.8 Å². The van der Waals surface area contributed by atoms with Crippen molar-refractivity contribution in [2.75, 3.05) is 20.2 Å². The molecule has 17 heavy (non-hydrogen) atoms. The van der Waals surface area contributed by atoms with Gasteiger partial charge in [-0.15, -0.1) is 0 Å². The zero-order chi connectivity index (χ0) is 12.3. The number of methoxy groups -OCH3 is 1. The molecule has 1 fully saturated rings. The first-order valence-electron chi connectivity index (χ1n) is 6.07.